The van der Waals surface area contributed by atoms with Crippen molar-refractivity contribution in [2.75, 3.05) is 6.61 Å². The first-order valence-corrected chi connectivity index (χ1v) is 8.89. The molecule has 0 aliphatic heterocycles. The van der Waals surface area contributed by atoms with Crippen LogP contribution in [0.2, 0.25) is 0 Å². The lowest BCUT2D eigenvalue weighted by Crippen LogP contribution is -2.30. The van der Waals surface area contributed by atoms with Crippen LogP contribution in [0.25, 0.3) is 5.69 Å². The van der Waals surface area contributed by atoms with Gasteiger partial charge in [0.25, 0.3) is 5.69 Å². The average molecular weight is 401 g/mol. The van der Waals surface area contributed by atoms with E-state index in [1.54, 1.807) is 37.4 Å². The molecule has 3 rings (SSSR count). The molecule has 0 aliphatic carbocycles. The third-order valence-electron chi connectivity index (χ3n) is 4.36. The van der Waals surface area contributed by atoms with Crippen LogP contribution in [-0.2, 0) is 17.9 Å². The Morgan fingerprint density at radius 3 is 2.72 bits per heavy atom. The number of aliphatic hydroxyl groups excluding tert-OH is 1. The molecule has 0 fully saturated rings. The number of halogens is 1. The highest BCUT2D eigenvalue weighted by molar-refractivity contribution is 5.44. The number of imidazole rings is 1. The third-order valence-corrected chi connectivity index (χ3v) is 4.36. The summed E-state index contributed by atoms with van der Waals surface area (Å²) >= 11 is 0. The molecule has 0 spiro atoms. The molecular formula is C20H20FN3O5. The number of nitro groups is 1. The van der Waals surface area contributed by atoms with Gasteiger partial charge in [0.1, 0.15) is 5.82 Å². The quantitative estimate of drug-likeness (QED) is 0.462. The largest absolute Gasteiger partial charge is 0.389 e. The summed E-state index contributed by atoms with van der Waals surface area (Å²) in [5.41, 5.74) is 0.754. The van der Waals surface area contributed by atoms with Gasteiger partial charge in [-0.2, -0.15) is 0 Å². The van der Waals surface area contributed by atoms with Crippen LogP contribution in [0, 0.1) is 22.9 Å². The predicted molar refractivity (Wildman–Crippen MR) is 103 cm³/mol. The molecule has 0 saturated carbocycles. The molecular weight excluding hydrogens is 381 g/mol. The van der Waals surface area contributed by atoms with E-state index in [4.69, 9.17) is 4.74 Å². The highest BCUT2D eigenvalue weighted by atomic mass is 19.1. The van der Waals surface area contributed by atoms with E-state index in [9.17, 15) is 24.4 Å². The van der Waals surface area contributed by atoms with Gasteiger partial charge >= 0.3 is 5.69 Å². The van der Waals surface area contributed by atoms with E-state index in [1.807, 2.05) is 0 Å². The molecule has 0 radical (unpaired) electrons. The van der Waals surface area contributed by atoms with Gasteiger partial charge in [-0.1, -0.05) is 24.3 Å². The highest BCUT2D eigenvalue weighted by Crippen LogP contribution is 2.17. The third kappa shape index (κ3) is 4.76. The lowest BCUT2D eigenvalue weighted by Gasteiger charge is -2.12. The van der Waals surface area contributed by atoms with Gasteiger partial charge < -0.3 is 9.84 Å². The van der Waals surface area contributed by atoms with Gasteiger partial charge in [-0.3, -0.25) is 19.2 Å². The Hall–Kier alpha value is -3.30. The number of non-ortho nitro benzene ring substituents is 1. The minimum Gasteiger partial charge on any atom is -0.389 e. The van der Waals surface area contributed by atoms with Crippen LogP contribution in [0.3, 0.4) is 0 Å². The number of nitro benzene ring substituents is 1. The zero-order valence-corrected chi connectivity index (χ0v) is 15.7. The fourth-order valence-corrected chi connectivity index (χ4v) is 3.01. The van der Waals surface area contributed by atoms with E-state index < -0.39 is 16.7 Å². The summed E-state index contributed by atoms with van der Waals surface area (Å²) in [6, 6.07) is 11.9. The Bertz CT molecular complexity index is 1080. The van der Waals surface area contributed by atoms with E-state index in [-0.39, 0.29) is 31.3 Å². The number of benzene rings is 2. The molecule has 1 aromatic heterocycles. The summed E-state index contributed by atoms with van der Waals surface area (Å²) < 4.78 is 21.6. The zero-order chi connectivity index (χ0) is 21.0. The number of hydrogen-bond acceptors (Lipinski definition) is 5. The highest BCUT2D eigenvalue weighted by Gasteiger charge is 2.15. The van der Waals surface area contributed by atoms with Gasteiger partial charge in [0.2, 0.25) is 0 Å². The van der Waals surface area contributed by atoms with Crippen LogP contribution in [-0.4, -0.2) is 31.9 Å². The van der Waals surface area contributed by atoms with Gasteiger partial charge in [-0.25, -0.2) is 9.18 Å². The normalized spacial score (nSPS) is 12.1. The topological polar surface area (TPSA) is 99.5 Å². The number of aromatic nitrogens is 2. The van der Waals surface area contributed by atoms with Crippen molar-refractivity contribution in [1.82, 2.24) is 9.13 Å². The molecule has 1 N–H and O–H groups in total. The number of ether oxygens (including phenoxy) is 1. The Balaban J connectivity index is 1.68. The fraction of sp³-hybridized carbons (Fsp3) is 0.250. The molecule has 3 aromatic rings. The second kappa shape index (κ2) is 8.80. The van der Waals surface area contributed by atoms with E-state index >= 15 is 0 Å². The molecule has 9 heteroatoms. The maximum atomic E-state index is 13.6. The van der Waals surface area contributed by atoms with Gasteiger partial charge in [-0.15, -0.1) is 0 Å². The summed E-state index contributed by atoms with van der Waals surface area (Å²) in [5, 5.41) is 21.2. The molecule has 0 aliphatic rings. The summed E-state index contributed by atoms with van der Waals surface area (Å²) in [6.07, 6.45) is 0.571. The average Bonchev–Trinajstić information content (AvgIpc) is 2.96. The predicted octanol–water partition coefficient (Wildman–Crippen LogP) is 2.57. The van der Waals surface area contributed by atoms with Crippen LogP contribution in [0.15, 0.2) is 59.5 Å². The molecule has 152 valence electrons. The van der Waals surface area contributed by atoms with Crippen molar-refractivity contribution in [1.29, 1.82) is 0 Å². The summed E-state index contributed by atoms with van der Waals surface area (Å²) in [6.45, 7) is 1.59. The Morgan fingerprint density at radius 1 is 1.24 bits per heavy atom. The van der Waals surface area contributed by atoms with Gasteiger partial charge in [-0.05, 0) is 19.1 Å². The van der Waals surface area contributed by atoms with Crippen molar-refractivity contribution >= 4 is 5.69 Å². The molecule has 8 nitrogen and oxygen atoms in total. The summed E-state index contributed by atoms with van der Waals surface area (Å²) in [7, 11) is 0. The maximum Gasteiger partial charge on any atom is 0.333 e. The summed E-state index contributed by atoms with van der Waals surface area (Å²) in [5.74, 6) is -0.386. The van der Waals surface area contributed by atoms with Crippen LogP contribution in [0.5, 0.6) is 0 Å². The Morgan fingerprint density at radius 2 is 2.00 bits per heavy atom. The fourth-order valence-electron chi connectivity index (χ4n) is 3.01. The second-order valence-corrected chi connectivity index (χ2v) is 6.58. The molecule has 2 aromatic carbocycles. The van der Waals surface area contributed by atoms with E-state index in [2.05, 4.69) is 0 Å². The van der Waals surface area contributed by atoms with Crippen molar-refractivity contribution in [3.05, 3.63) is 92.4 Å². The van der Waals surface area contributed by atoms with Gasteiger partial charge in [0.05, 0.1) is 36.5 Å². The number of aliphatic hydroxyl groups is 1. The number of nitrogens with zero attached hydrogens (tertiary/aromatic N) is 3. The van der Waals surface area contributed by atoms with E-state index in [1.165, 1.54) is 33.4 Å². The van der Waals surface area contributed by atoms with Gasteiger partial charge in [0.15, 0.2) is 0 Å². The SMILES string of the molecule is Cc1cn(C[C@H](O)COCc2ccccc2F)c(=O)n1-c1cccc([N+](=O)[O-])c1. The van der Waals surface area contributed by atoms with Crippen molar-refractivity contribution in [2.45, 2.75) is 26.2 Å². The Labute approximate surface area is 165 Å². The van der Waals surface area contributed by atoms with Crippen LogP contribution >= 0.6 is 0 Å². The smallest absolute Gasteiger partial charge is 0.333 e. The monoisotopic (exact) mass is 401 g/mol. The van der Waals surface area contributed by atoms with Crippen LogP contribution < -0.4 is 5.69 Å². The molecule has 1 atom stereocenters. The van der Waals surface area contributed by atoms with Crippen molar-refractivity contribution < 1.29 is 19.2 Å². The van der Waals surface area contributed by atoms with E-state index in [0.29, 0.717) is 16.9 Å². The first-order valence-electron chi connectivity index (χ1n) is 8.89. The first kappa shape index (κ1) is 20.4. The molecule has 0 bridgehead atoms. The standard InChI is InChI=1S/C20H20FN3O5/c1-14-10-22(11-18(25)13-29-12-15-5-2-3-8-19(15)21)20(26)23(14)16-6-4-7-17(9-16)24(27)28/h2-10,18,25H,11-13H2,1H3/t18-/m0/s1. The lowest BCUT2D eigenvalue weighted by atomic mass is 10.2. The summed E-state index contributed by atoms with van der Waals surface area (Å²) in [4.78, 5) is 23.1. The number of aryl methyl sites for hydroxylation is 1. The number of rotatable bonds is 8. The molecule has 1 heterocycles. The van der Waals surface area contributed by atoms with Crippen molar-refractivity contribution in [2.24, 2.45) is 0 Å². The van der Waals surface area contributed by atoms with Gasteiger partial charge in [0, 0.05) is 29.6 Å². The molecule has 0 unspecified atom stereocenters. The zero-order valence-electron chi connectivity index (χ0n) is 15.7. The van der Waals surface area contributed by atoms with Crippen LogP contribution in [0.4, 0.5) is 10.1 Å². The molecule has 29 heavy (non-hydrogen) atoms. The van der Waals surface area contributed by atoms with Crippen molar-refractivity contribution in [3.8, 4) is 5.69 Å². The molecule has 0 amide bonds. The van der Waals surface area contributed by atoms with Crippen LogP contribution in [0.1, 0.15) is 11.3 Å². The minimum atomic E-state index is -0.986. The Kier molecular flexibility index (Phi) is 6.20. The number of hydrogen-bond donors (Lipinski definition) is 1. The second-order valence-electron chi connectivity index (χ2n) is 6.58. The lowest BCUT2D eigenvalue weighted by molar-refractivity contribution is -0.384. The first-order chi connectivity index (χ1) is 13.9. The maximum absolute atomic E-state index is 13.6. The minimum absolute atomic E-state index is 0.00630. The molecule has 0 saturated heterocycles. The van der Waals surface area contributed by atoms with Crippen molar-refractivity contribution in [3.63, 3.8) is 0 Å². The van der Waals surface area contributed by atoms with E-state index in [0.717, 1.165) is 0 Å².